The Kier molecular flexibility index (Phi) is 39.7. The molecule has 0 spiro atoms. The van der Waals surface area contributed by atoms with Crippen molar-refractivity contribution < 1.29 is 9.53 Å². The van der Waals surface area contributed by atoms with Gasteiger partial charge < -0.3 is 10.1 Å². The van der Waals surface area contributed by atoms with Gasteiger partial charge in [0.1, 0.15) is 6.10 Å². The first-order valence-electron chi connectivity index (χ1n) is 23.5. The summed E-state index contributed by atoms with van der Waals surface area (Å²) >= 11 is 0. The van der Waals surface area contributed by atoms with Gasteiger partial charge in [-0.15, -0.1) is 0 Å². The highest BCUT2D eigenvalue weighted by atomic mass is 16.5. The van der Waals surface area contributed by atoms with Crippen LogP contribution in [0.5, 0.6) is 0 Å². The summed E-state index contributed by atoms with van der Waals surface area (Å²) in [6.45, 7) is 13.7. The summed E-state index contributed by atoms with van der Waals surface area (Å²) in [6, 6.07) is 0.678. The van der Waals surface area contributed by atoms with Crippen LogP contribution in [0.1, 0.15) is 265 Å². The SMILES string of the molecule is C=C(CCCCCCCCC(CCCCCCCCC(=O)OC(CCCCCC)CCCCCC)NC)CC(CCCCCC)CCCCCC. The number of hydrogen-bond donors (Lipinski definition) is 1. The molecule has 0 rings (SSSR count). The molecule has 3 heteroatoms. The van der Waals surface area contributed by atoms with Crippen LogP contribution in [0.4, 0.5) is 0 Å². The van der Waals surface area contributed by atoms with Gasteiger partial charge >= 0.3 is 5.97 Å². The van der Waals surface area contributed by atoms with Crippen molar-refractivity contribution in [1.82, 2.24) is 5.32 Å². The lowest BCUT2D eigenvalue weighted by atomic mass is 9.87. The summed E-state index contributed by atoms with van der Waals surface area (Å²) in [4.78, 5) is 12.6. The van der Waals surface area contributed by atoms with Crippen LogP contribution in [0.25, 0.3) is 0 Å². The van der Waals surface area contributed by atoms with Crippen LogP contribution >= 0.6 is 0 Å². The smallest absolute Gasteiger partial charge is 0.306 e. The van der Waals surface area contributed by atoms with Gasteiger partial charge in [0, 0.05) is 12.5 Å². The van der Waals surface area contributed by atoms with Gasteiger partial charge in [-0.25, -0.2) is 0 Å². The standard InChI is InChI=1S/C48H95NO2/c1-7-11-15-28-36-45(37-29-16-12-8-2)43-44(5)35-27-23-19-20-24-30-38-46(49-6)39-31-25-21-22-26-34-42-48(50)51-47(40-32-17-13-9-3)41-33-18-14-10-4/h45-47,49H,5,7-43H2,1-4,6H3. The number of carbonyl (C=O) groups is 1. The van der Waals surface area contributed by atoms with Crippen LogP contribution in [-0.4, -0.2) is 25.2 Å². The molecule has 0 aliphatic rings. The van der Waals surface area contributed by atoms with Crippen molar-refractivity contribution in [2.24, 2.45) is 5.92 Å². The van der Waals surface area contributed by atoms with Gasteiger partial charge in [0.15, 0.2) is 0 Å². The molecule has 0 aromatic carbocycles. The summed E-state index contributed by atoms with van der Waals surface area (Å²) < 4.78 is 5.96. The first-order chi connectivity index (χ1) is 25.0. The van der Waals surface area contributed by atoms with Gasteiger partial charge in [-0.3, -0.25) is 4.79 Å². The molecular weight excluding hydrogens is 623 g/mol. The Morgan fingerprint density at radius 2 is 0.824 bits per heavy atom. The lowest BCUT2D eigenvalue weighted by Gasteiger charge is -2.18. The van der Waals surface area contributed by atoms with E-state index in [2.05, 4.69) is 46.6 Å². The van der Waals surface area contributed by atoms with E-state index in [1.54, 1.807) is 0 Å². The van der Waals surface area contributed by atoms with Crippen LogP contribution in [0.15, 0.2) is 12.2 Å². The Labute approximate surface area is 322 Å². The van der Waals surface area contributed by atoms with E-state index in [4.69, 9.17) is 4.74 Å². The highest BCUT2D eigenvalue weighted by molar-refractivity contribution is 5.69. The highest BCUT2D eigenvalue weighted by Crippen LogP contribution is 2.27. The van der Waals surface area contributed by atoms with Crippen LogP contribution in [-0.2, 0) is 9.53 Å². The second-order valence-corrected chi connectivity index (χ2v) is 16.6. The second kappa shape index (κ2) is 40.4. The number of esters is 1. The Morgan fingerprint density at radius 1 is 0.471 bits per heavy atom. The molecule has 0 aromatic heterocycles. The minimum Gasteiger partial charge on any atom is -0.462 e. The van der Waals surface area contributed by atoms with Crippen molar-refractivity contribution in [2.75, 3.05) is 7.05 Å². The first kappa shape index (κ1) is 50.2. The first-order valence-corrected chi connectivity index (χ1v) is 23.5. The molecule has 0 heterocycles. The number of hydrogen-bond acceptors (Lipinski definition) is 3. The van der Waals surface area contributed by atoms with Gasteiger partial charge in [-0.2, -0.15) is 0 Å². The van der Waals surface area contributed by atoms with Gasteiger partial charge in [0.05, 0.1) is 0 Å². The van der Waals surface area contributed by atoms with E-state index in [-0.39, 0.29) is 12.1 Å². The summed E-state index contributed by atoms with van der Waals surface area (Å²) in [5, 5.41) is 3.59. The van der Waals surface area contributed by atoms with E-state index in [1.807, 2.05) is 0 Å². The molecule has 0 saturated carbocycles. The van der Waals surface area contributed by atoms with Crippen molar-refractivity contribution >= 4 is 5.97 Å². The molecule has 304 valence electrons. The fourth-order valence-corrected chi connectivity index (χ4v) is 7.96. The van der Waals surface area contributed by atoms with Crippen molar-refractivity contribution in [3.05, 3.63) is 12.2 Å². The Hall–Kier alpha value is -0.830. The highest BCUT2D eigenvalue weighted by Gasteiger charge is 2.14. The van der Waals surface area contributed by atoms with Crippen molar-refractivity contribution in [2.45, 2.75) is 277 Å². The maximum Gasteiger partial charge on any atom is 0.306 e. The fraction of sp³-hybridized carbons (Fsp3) is 0.938. The third-order valence-electron chi connectivity index (χ3n) is 11.5. The average Bonchev–Trinajstić information content (AvgIpc) is 3.13. The number of nitrogens with one attached hydrogen (secondary N) is 1. The lowest BCUT2D eigenvalue weighted by Crippen LogP contribution is -2.24. The Balaban J connectivity index is 3.91. The molecule has 0 radical (unpaired) electrons. The van der Waals surface area contributed by atoms with E-state index in [0.29, 0.717) is 12.5 Å². The van der Waals surface area contributed by atoms with Gasteiger partial charge in [0.2, 0.25) is 0 Å². The van der Waals surface area contributed by atoms with E-state index < -0.39 is 0 Å². The largest absolute Gasteiger partial charge is 0.462 e. The number of rotatable bonds is 42. The Morgan fingerprint density at radius 3 is 1.25 bits per heavy atom. The van der Waals surface area contributed by atoms with E-state index in [9.17, 15) is 4.79 Å². The number of allylic oxidation sites excluding steroid dienone is 1. The molecule has 1 N–H and O–H groups in total. The topological polar surface area (TPSA) is 38.3 Å². The Bertz CT molecular complexity index is 638. The summed E-state index contributed by atoms with van der Waals surface area (Å²) in [6.07, 6.45) is 47.8. The van der Waals surface area contributed by atoms with E-state index in [1.165, 1.54) is 211 Å². The molecule has 0 saturated heterocycles. The van der Waals surface area contributed by atoms with Crippen molar-refractivity contribution in [3.8, 4) is 0 Å². The molecule has 51 heavy (non-hydrogen) atoms. The quantitative estimate of drug-likeness (QED) is 0.0388. The minimum absolute atomic E-state index is 0.0500. The van der Waals surface area contributed by atoms with Gasteiger partial charge in [-0.1, -0.05) is 207 Å². The molecule has 1 atom stereocenters. The monoisotopic (exact) mass is 718 g/mol. The normalized spacial score (nSPS) is 12.3. The predicted octanol–water partition coefficient (Wildman–Crippen LogP) is 16.2. The average molecular weight is 718 g/mol. The molecule has 3 nitrogen and oxygen atoms in total. The molecule has 0 amide bonds. The van der Waals surface area contributed by atoms with E-state index >= 15 is 0 Å². The molecular formula is C48H95NO2. The summed E-state index contributed by atoms with van der Waals surface area (Å²) in [5.41, 5.74) is 1.54. The zero-order valence-electron chi connectivity index (χ0n) is 35.9. The van der Waals surface area contributed by atoms with Crippen molar-refractivity contribution in [1.29, 1.82) is 0 Å². The van der Waals surface area contributed by atoms with Crippen LogP contribution in [0.2, 0.25) is 0 Å². The fourth-order valence-electron chi connectivity index (χ4n) is 7.96. The zero-order valence-corrected chi connectivity index (χ0v) is 35.9. The molecule has 1 unspecified atom stereocenters. The predicted molar refractivity (Wildman–Crippen MR) is 229 cm³/mol. The van der Waals surface area contributed by atoms with Gasteiger partial charge in [0.25, 0.3) is 0 Å². The maximum atomic E-state index is 12.6. The molecule has 0 aliphatic heterocycles. The minimum atomic E-state index is 0.0500. The molecule has 0 aliphatic carbocycles. The number of unbranched alkanes of at least 4 members (excludes halogenated alkanes) is 22. The van der Waals surface area contributed by atoms with Crippen molar-refractivity contribution in [3.63, 3.8) is 0 Å². The second-order valence-electron chi connectivity index (χ2n) is 16.6. The lowest BCUT2D eigenvalue weighted by molar-refractivity contribution is -0.150. The van der Waals surface area contributed by atoms with Gasteiger partial charge in [-0.05, 0) is 77.2 Å². The zero-order chi connectivity index (χ0) is 37.5. The van der Waals surface area contributed by atoms with Crippen LogP contribution in [0, 0.1) is 5.92 Å². The molecule has 0 bridgehead atoms. The summed E-state index contributed by atoms with van der Waals surface area (Å²) in [5.74, 6) is 0.940. The van der Waals surface area contributed by atoms with Crippen LogP contribution in [0.3, 0.4) is 0 Å². The maximum absolute atomic E-state index is 12.6. The third-order valence-corrected chi connectivity index (χ3v) is 11.5. The molecule has 0 aromatic rings. The third kappa shape index (κ3) is 35.9. The van der Waals surface area contributed by atoms with Crippen LogP contribution < -0.4 is 5.32 Å². The number of ether oxygens (including phenoxy) is 1. The molecule has 0 fully saturated rings. The summed E-state index contributed by atoms with van der Waals surface area (Å²) in [7, 11) is 2.15. The number of carbonyl (C=O) groups excluding carboxylic acids is 1. The van der Waals surface area contributed by atoms with E-state index in [0.717, 1.165) is 31.6 Å².